The molecule has 1 N–H and O–H groups in total. The van der Waals surface area contributed by atoms with E-state index in [0.717, 1.165) is 28.2 Å². The van der Waals surface area contributed by atoms with Crippen LogP contribution in [0.1, 0.15) is 27.2 Å². The van der Waals surface area contributed by atoms with E-state index in [9.17, 15) is 4.79 Å². The first-order chi connectivity index (χ1) is 14.4. The molecule has 0 spiro atoms. The molecule has 0 aliphatic heterocycles. The molecule has 0 radical (unpaired) electrons. The van der Waals surface area contributed by atoms with Gasteiger partial charge in [0.2, 0.25) is 0 Å². The maximum atomic E-state index is 13.1. The van der Waals surface area contributed by atoms with Gasteiger partial charge in [-0.25, -0.2) is 4.68 Å². The summed E-state index contributed by atoms with van der Waals surface area (Å²) in [4.78, 5) is 13.1. The molecule has 0 unspecified atom stereocenters. The predicted octanol–water partition coefficient (Wildman–Crippen LogP) is 6.37. The van der Waals surface area contributed by atoms with Crippen molar-refractivity contribution in [3.63, 3.8) is 0 Å². The number of rotatable bonds is 4. The molecular weight excluding hydrogens is 394 g/mol. The maximum absolute atomic E-state index is 13.1. The third kappa shape index (κ3) is 4.14. The Bertz CT molecular complexity index is 1230. The number of carbonyl (C=O) groups excluding carboxylic acids is 1. The van der Waals surface area contributed by atoms with Crippen LogP contribution in [0.25, 0.3) is 16.9 Å². The molecule has 1 aromatic heterocycles. The quantitative estimate of drug-likeness (QED) is 0.421. The fourth-order valence-electron chi connectivity index (χ4n) is 3.22. The van der Waals surface area contributed by atoms with Crippen LogP contribution in [0.4, 0.5) is 5.69 Å². The van der Waals surface area contributed by atoms with E-state index in [1.54, 1.807) is 16.8 Å². The number of amides is 1. The van der Waals surface area contributed by atoms with Gasteiger partial charge in [-0.1, -0.05) is 47.5 Å². The van der Waals surface area contributed by atoms with E-state index in [4.69, 9.17) is 16.7 Å². The van der Waals surface area contributed by atoms with Crippen LogP contribution in [-0.4, -0.2) is 15.7 Å². The number of anilines is 1. The minimum Gasteiger partial charge on any atom is -0.321 e. The maximum Gasteiger partial charge on any atom is 0.274 e. The van der Waals surface area contributed by atoms with Crippen LogP contribution in [0.3, 0.4) is 0 Å². The van der Waals surface area contributed by atoms with Crippen molar-refractivity contribution in [1.29, 1.82) is 0 Å². The number of aryl methyl sites for hydroxylation is 3. The normalized spacial score (nSPS) is 10.8. The summed E-state index contributed by atoms with van der Waals surface area (Å²) in [6.07, 6.45) is 0. The highest BCUT2D eigenvalue weighted by atomic mass is 35.5. The Hall–Kier alpha value is -3.37. The lowest BCUT2D eigenvalue weighted by molar-refractivity contribution is 0.101. The highest BCUT2D eigenvalue weighted by Crippen LogP contribution is 2.25. The van der Waals surface area contributed by atoms with Gasteiger partial charge in [-0.2, -0.15) is 5.10 Å². The van der Waals surface area contributed by atoms with Crippen molar-refractivity contribution < 1.29 is 4.79 Å². The summed E-state index contributed by atoms with van der Waals surface area (Å²) in [5, 5.41) is 8.28. The Kier molecular flexibility index (Phi) is 5.42. The van der Waals surface area contributed by atoms with Gasteiger partial charge < -0.3 is 5.32 Å². The Balaban J connectivity index is 1.78. The molecular formula is C25H22ClN3O. The standard InChI is InChI=1S/C25H22ClN3O/c1-16-7-11-21(12-8-16)27-25(30)24-15-23(19-10-9-17(2)18(3)13-19)28-29(24)22-6-4-5-20(26)14-22/h4-15H,1-3H3,(H,27,30). The second-order valence-electron chi connectivity index (χ2n) is 7.43. The zero-order chi connectivity index (χ0) is 21.3. The van der Waals surface area contributed by atoms with Gasteiger partial charge in [-0.15, -0.1) is 0 Å². The Morgan fingerprint density at radius 2 is 1.67 bits per heavy atom. The molecule has 1 heterocycles. The average Bonchev–Trinajstić information content (AvgIpc) is 3.17. The van der Waals surface area contributed by atoms with E-state index < -0.39 is 0 Å². The zero-order valence-corrected chi connectivity index (χ0v) is 17.9. The van der Waals surface area contributed by atoms with Crippen LogP contribution in [-0.2, 0) is 0 Å². The van der Waals surface area contributed by atoms with Crippen molar-refractivity contribution in [2.75, 3.05) is 5.32 Å². The van der Waals surface area contributed by atoms with Gasteiger partial charge in [0.25, 0.3) is 5.91 Å². The molecule has 1 amide bonds. The smallest absolute Gasteiger partial charge is 0.274 e. The van der Waals surface area contributed by atoms with E-state index in [1.807, 2.05) is 55.5 Å². The lowest BCUT2D eigenvalue weighted by Crippen LogP contribution is -2.16. The number of carbonyl (C=O) groups is 1. The summed E-state index contributed by atoms with van der Waals surface area (Å²) < 4.78 is 1.64. The number of benzene rings is 3. The lowest BCUT2D eigenvalue weighted by Gasteiger charge is -2.09. The molecule has 4 nitrogen and oxygen atoms in total. The van der Waals surface area contributed by atoms with Crippen LogP contribution in [0.2, 0.25) is 5.02 Å². The van der Waals surface area contributed by atoms with Gasteiger partial charge in [0.05, 0.1) is 11.4 Å². The molecule has 0 atom stereocenters. The second-order valence-corrected chi connectivity index (χ2v) is 7.86. The number of nitrogens with zero attached hydrogens (tertiary/aromatic N) is 2. The Morgan fingerprint density at radius 1 is 0.900 bits per heavy atom. The van der Waals surface area contributed by atoms with E-state index in [1.165, 1.54) is 11.1 Å². The number of halogens is 1. The highest BCUT2D eigenvalue weighted by molar-refractivity contribution is 6.30. The summed E-state index contributed by atoms with van der Waals surface area (Å²) in [5.41, 5.74) is 7.11. The largest absolute Gasteiger partial charge is 0.321 e. The Labute approximate surface area is 181 Å². The number of hydrogen-bond acceptors (Lipinski definition) is 2. The van der Waals surface area contributed by atoms with Crippen molar-refractivity contribution in [3.05, 3.63) is 100 Å². The highest BCUT2D eigenvalue weighted by Gasteiger charge is 2.18. The first-order valence-electron chi connectivity index (χ1n) is 9.72. The lowest BCUT2D eigenvalue weighted by atomic mass is 10.0. The summed E-state index contributed by atoms with van der Waals surface area (Å²) in [7, 11) is 0. The molecule has 30 heavy (non-hydrogen) atoms. The van der Waals surface area contributed by atoms with Crippen molar-refractivity contribution in [2.45, 2.75) is 20.8 Å². The fourth-order valence-corrected chi connectivity index (χ4v) is 3.41. The first kappa shape index (κ1) is 19.9. The van der Waals surface area contributed by atoms with Crippen LogP contribution < -0.4 is 5.32 Å². The SMILES string of the molecule is Cc1ccc(NC(=O)c2cc(-c3ccc(C)c(C)c3)nn2-c2cccc(Cl)c2)cc1. The predicted molar refractivity (Wildman–Crippen MR) is 123 cm³/mol. The molecule has 0 aliphatic rings. The van der Waals surface area contributed by atoms with Gasteiger partial charge in [-0.3, -0.25) is 4.79 Å². The van der Waals surface area contributed by atoms with E-state index in [0.29, 0.717) is 10.7 Å². The molecule has 4 rings (SSSR count). The summed E-state index contributed by atoms with van der Waals surface area (Å²) >= 11 is 6.19. The van der Waals surface area contributed by atoms with E-state index in [2.05, 4.69) is 31.3 Å². The van der Waals surface area contributed by atoms with Crippen molar-refractivity contribution >= 4 is 23.2 Å². The molecule has 0 bridgehead atoms. The van der Waals surface area contributed by atoms with Gasteiger partial charge in [0.1, 0.15) is 5.69 Å². The summed E-state index contributed by atoms with van der Waals surface area (Å²) in [6, 6.07) is 23.0. The topological polar surface area (TPSA) is 46.9 Å². The zero-order valence-electron chi connectivity index (χ0n) is 17.1. The summed E-state index contributed by atoms with van der Waals surface area (Å²) in [5.74, 6) is -0.235. The van der Waals surface area contributed by atoms with Gasteiger partial charge in [0, 0.05) is 16.3 Å². The molecule has 0 saturated heterocycles. The molecule has 0 fully saturated rings. The van der Waals surface area contributed by atoms with E-state index >= 15 is 0 Å². The van der Waals surface area contributed by atoms with Crippen LogP contribution in [0.15, 0.2) is 72.8 Å². The molecule has 0 aliphatic carbocycles. The third-order valence-corrected chi connectivity index (χ3v) is 5.34. The minimum absolute atomic E-state index is 0.235. The molecule has 4 aromatic rings. The van der Waals surface area contributed by atoms with Crippen molar-refractivity contribution in [2.24, 2.45) is 0 Å². The van der Waals surface area contributed by atoms with Crippen LogP contribution in [0.5, 0.6) is 0 Å². The second kappa shape index (κ2) is 8.17. The van der Waals surface area contributed by atoms with Crippen molar-refractivity contribution in [1.82, 2.24) is 9.78 Å². The summed E-state index contributed by atoms with van der Waals surface area (Å²) in [6.45, 7) is 6.15. The monoisotopic (exact) mass is 415 g/mol. The Morgan fingerprint density at radius 3 is 2.37 bits per heavy atom. The molecule has 5 heteroatoms. The molecule has 150 valence electrons. The minimum atomic E-state index is -0.235. The number of nitrogens with one attached hydrogen (secondary N) is 1. The number of aromatic nitrogens is 2. The number of hydrogen-bond donors (Lipinski definition) is 1. The fraction of sp³-hybridized carbons (Fsp3) is 0.120. The average molecular weight is 416 g/mol. The van der Waals surface area contributed by atoms with Crippen LogP contribution >= 0.6 is 11.6 Å². The van der Waals surface area contributed by atoms with Gasteiger partial charge >= 0.3 is 0 Å². The first-order valence-corrected chi connectivity index (χ1v) is 10.1. The molecule has 3 aromatic carbocycles. The molecule has 0 saturated carbocycles. The van der Waals surface area contributed by atoms with Crippen molar-refractivity contribution in [3.8, 4) is 16.9 Å². The van der Waals surface area contributed by atoms with E-state index in [-0.39, 0.29) is 5.91 Å². The van der Waals surface area contributed by atoms with Gasteiger partial charge in [0.15, 0.2) is 0 Å². The van der Waals surface area contributed by atoms with Crippen LogP contribution in [0, 0.1) is 20.8 Å². The third-order valence-electron chi connectivity index (χ3n) is 5.11. The van der Waals surface area contributed by atoms with Gasteiger partial charge in [-0.05, 0) is 74.4 Å².